The summed E-state index contributed by atoms with van der Waals surface area (Å²) in [6, 6.07) is 7.32. The predicted molar refractivity (Wildman–Crippen MR) is 107 cm³/mol. The smallest absolute Gasteiger partial charge is 0.284 e. The van der Waals surface area contributed by atoms with E-state index in [-0.39, 0.29) is 23.7 Å². The summed E-state index contributed by atoms with van der Waals surface area (Å²) in [5.41, 5.74) is 1.58. The molecule has 0 aliphatic heterocycles. The number of hydrogen-bond acceptors (Lipinski definition) is 6. The molecule has 142 valence electrons. The van der Waals surface area contributed by atoms with Crippen LogP contribution in [-0.4, -0.2) is 25.5 Å². The first-order valence-corrected chi connectivity index (χ1v) is 9.52. The van der Waals surface area contributed by atoms with Gasteiger partial charge in [0, 0.05) is 10.3 Å². The number of fused-ring (bicyclic) bond motifs is 2. The van der Waals surface area contributed by atoms with E-state index in [2.05, 4.69) is 20.2 Å². The molecular weight excluding hydrogens is 378 g/mol. The Hall–Kier alpha value is -3.33. The van der Waals surface area contributed by atoms with E-state index in [9.17, 15) is 14.7 Å². The summed E-state index contributed by atoms with van der Waals surface area (Å²) in [5, 5.41) is 18.8. The van der Waals surface area contributed by atoms with Crippen molar-refractivity contribution in [1.82, 2.24) is 14.5 Å². The maximum absolute atomic E-state index is 12.6. The second kappa shape index (κ2) is 7.01. The molecule has 28 heavy (non-hydrogen) atoms. The molecule has 3 aromatic heterocycles. The number of thiophene rings is 1. The van der Waals surface area contributed by atoms with E-state index in [4.69, 9.17) is 0 Å². The van der Waals surface area contributed by atoms with Crippen LogP contribution in [0.3, 0.4) is 0 Å². The van der Waals surface area contributed by atoms with Crippen molar-refractivity contribution in [1.29, 1.82) is 0 Å². The molecule has 0 bridgehead atoms. The molecule has 0 unspecified atom stereocenters. The zero-order valence-corrected chi connectivity index (χ0v) is 16.1. The van der Waals surface area contributed by atoms with Gasteiger partial charge in [-0.05, 0) is 25.0 Å². The van der Waals surface area contributed by atoms with Gasteiger partial charge in [0.2, 0.25) is 5.88 Å². The summed E-state index contributed by atoms with van der Waals surface area (Å²) in [7, 11) is 0. The molecule has 2 N–H and O–H groups in total. The minimum atomic E-state index is -0.615. The molecular formula is C19H17N5O3S. The van der Waals surface area contributed by atoms with Gasteiger partial charge >= 0.3 is 0 Å². The lowest BCUT2D eigenvalue weighted by molar-refractivity contribution is -0.118. The van der Waals surface area contributed by atoms with Crippen molar-refractivity contribution in [2.45, 2.75) is 26.8 Å². The summed E-state index contributed by atoms with van der Waals surface area (Å²) < 4.78 is 1.22. The number of para-hydroxylation sites is 1. The number of aromatic amines is 1. The van der Waals surface area contributed by atoms with E-state index in [1.165, 1.54) is 22.2 Å². The zero-order valence-electron chi connectivity index (χ0n) is 15.3. The van der Waals surface area contributed by atoms with E-state index in [0.29, 0.717) is 15.6 Å². The fourth-order valence-electron chi connectivity index (χ4n) is 3.02. The number of nitrogens with zero attached hydrogens (tertiary/aromatic N) is 4. The van der Waals surface area contributed by atoms with Crippen molar-refractivity contribution in [2.75, 3.05) is 0 Å². The second-order valence-corrected chi connectivity index (χ2v) is 7.49. The first-order chi connectivity index (χ1) is 13.5. The van der Waals surface area contributed by atoms with Gasteiger partial charge in [-0.2, -0.15) is 0 Å². The Kier molecular flexibility index (Phi) is 4.52. The fraction of sp³-hybridized carbons (Fsp3) is 0.211. The van der Waals surface area contributed by atoms with Crippen molar-refractivity contribution in [3.05, 3.63) is 51.4 Å². The van der Waals surface area contributed by atoms with Gasteiger partial charge in [0.25, 0.3) is 11.5 Å². The Morgan fingerprint density at radius 1 is 1.36 bits per heavy atom. The third-order valence-corrected chi connectivity index (χ3v) is 5.67. The van der Waals surface area contributed by atoms with Crippen molar-refractivity contribution in [3.8, 4) is 5.88 Å². The van der Waals surface area contributed by atoms with Gasteiger partial charge in [-0.15, -0.1) is 21.6 Å². The van der Waals surface area contributed by atoms with Crippen LogP contribution >= 0.6 is 11.3 Å². The number of H-pyrrole nitrogens is 1. The van der Waals surface area contributed by atoms with Gasteiger partial charge in [0.1, 0.15) is 11.4 Å². The van der Waals surface area contributed by atoms with Crippen LogP contribution in [-0.2, 0) is 17.8 Å². The van der Waals surface area contributed by atoms with E-state index in [1.807, 2.05) is 32.0 Å². The number of benzene rings is 1. The fourth-order valence-corrected chi connectivity index (χ4v) is 3.94. The summed E-state index contributed by atoms with van der Waals surface area (Å²) in [6.07, 6.45) is 2.17. The summed E-state index contributed by atoms with van der Waals surface area (Å²) in [4.78, 5) is 33.6. The molecule has 0 spiro atoms. The van der Waals surface area contributed by atoms with E-state index < -0.39 is 5.91 Å². The van der Waals surface area contributed by atoms with Crippen LogP contribution in [0.2, 0.25) is 0 Å². The van der Waals surface area contributed by atoms with Crippen molar-refractivity contribution in [3.63, 3.8) is 0 Å². The molecule has 1 amide bonds. The molecule has 1 aromatic carbocycles. The number of carbonyl (C=O) groups excluding carboxylic acids is 1. The number of azo groups is 1. The number of carbonyl (C=O) groups is 1. The van der Waals surface area contributed by atoms with Gasteiger partial charge < -0.3 is 10.1 Å². The summed E-state index contributed by atoms with van der Waals surface area (Å²) in [6.45, 7) is 3.63. The molecule has 4 rings (SSSR count). The highest BCUT2D eigenvalue weighted by atomic mass is 32.1. The Morgan fingerprint density at radius 3 is 2.96 bits per heavy atom. The van der Waals surface area contributed by atoms with E-state index >= 15 is 0 Å². The van der Waals surface area contributed by atoms with Gasteiger partial charge in [0.05, 0.1) is 17.2 Å². The summed E-state index contributed by atoms with van der Waals surface area (Å²) in [5.74, 6) is -0.776. The van der Waals surface area contributed by atoms with Gasteiger partial charge in [-0.1, -0.05) is 25.1 Å². The van der Waals surface area contributed by atoms with E-state index in [0.717, 1.165) is 22.4 Å². The molecule has 4 aromatic rings. The van der Waals surface area contributed by atoms with Crippen molar-refractivity contribution >= 4 is 44.1 Å². The van der Waals surface area contributed by atoms with Crippen LogP contribution < -0.4 is 5.56 Å². The number of hydrogen-bond donors (Lipinski definition) is 2. The average molecular weight is 395 g/mol. The normalized spacial score (nSPS) is 11.8. The minimum absolute atomic E-state index is 0.161. The van der Waals surface area contributed by atoms with Gasteiger partial charge in [0.15, 0.2) is 5.69 Å². The van der Waals surface area contributed by atoms with Crippen molar-refractivity contribution < 1.29 is 9.90 Å². The Morgan fingerprint density at radius 2 is 2.18 bits per heavy atom. The minimum Gasteiger partial charge on any atom is -0.493 e. The molecule has 3 heterocycles. The number of aromatic hydroxyl groups is 1. The van der Waals surface area contributed by atoms with Crippen LogP contribution in [0.5, 0.6) is 5.88 Å². The molecule has 0 saturated heterocycles. The lowest BCUT2D eigenvalue weighted by atomic mass is 10.1. The molecule has 9 heteroatoms. The maximum Gasteiger partial charge on any atom is 0.284 e. The Bertz CT molecular complexity index is 1300. The van der Waals surface area contributed by atoms with Crippen LogP contribution in [0.25, 0.3) is 21.1 Å². The first-order valence-electron chi connectivity index (χ1n) is 8.70. The van der Waals surface area contributed by atoms with Gasteiger partial charge in [-0.3, -0.25) is 14.2 Å². The van der Waals surface area contributed by atoms with Crippen LogP contribution in [0.4, 0.5) is 5.69 Å². The quantitative estimate of drug-likeness (QED) is 0.511. The topological polar surface area (TPSA) is 113 Å². The van der Waals surface area contributed by atoms with Crippen LogP contribution in [0, 0.1) is 6.92 Å². The number of aromatic nitrogens is 3. The molecule has 0 radical (unpaired) electrons. The van der Waals surface area contributed by atoms with Crippen LogP contribution in [0.1, 0.15) is 17.4 Å². The highest BCUT2D eigenvalue weighted by Gasteiger charge is 2.13. The van der Waals surface area contributed by atoms with Crippen LogP contribution in [0.15, 0.2) is 45.6 Å². The van der Waals surface area contributed by atoms with E-state index in [1.54, 1.807) is 6.07 Å². The highest BCUT2D eigenvalue weighted by molar-refractivity contribution is 7.18. The number of amides is 1. The zero-order chi connectivity index (χ0) is 19.8. The largest absolute Gasteiger partial charge is 0.493 e. The average Bonchev–Trinajstić information content (AvgIpc) is 3.24. The lowest BCUT2D eigenvalue weighted by Crippen LogP contribution is -2.23. The van der Waals surface area contributed by atoms with Gasteiger partial charge in [-0.25, -0.2) is 4.98 Å². The Labute approximate surface area is 163 Å². The molecule has 0 fully saturated rings. The third-order valence-electron chi connectivity index (χ3n) is 4.48. The SMILES string of the molecule is CCc1cc2c(=O)n(CC(=O)N=Nc3c(O)[nH]c4c(C)cccc34)cnc2s1. The first kappa shape index (κ1) is 18.1. The standard InChI is InChI=1S/C19H17N5O3S/c1-3-11-7-13-18(28-11)20-9-24(19(13)27)8-14(25)22-23-16-12-6-4-5-10(2)15(12)21-17(16)26/h4-7,9,21,26H,3,8H2,1-2H3. The predicted octanol–water partition coefficient (Wildman–Crippen LogP) is 3.83. The monoisotopic (exact) mass is 395 g/mol. The highest BCUT2D eigenvalue weighted by Crippen LogP contribution is 2.36. The number of nitrogens with one attached hydrogen (secondary N) is 1. The summed E-state index contributed by atoms with van der Waals surface area (Å²) >= 11 is 1.47. The number of aryl methyl sites for hydroxylation is 2. The lowest BCUT2D eigenvalue weighted by Gasteiger charge is -2.00. The molecule has 0 atom stereocenters. The van der Waals surface area contributed by atoms with Crippen molar-refractivity contribution in [2.24, 2.45) is 10.2 Å². The second-order valence-electron chi connectivity index (χ2n) is 6.38. The molecule has 0 saturated carbocycles. The molecule has 0 aliphatic carbocycles. The third kappa shape index (κ3) is 3.09. The molecule has 0 aliphatic rings. The Balaban J connectivity index is 1.61. The number of rotatable bonds is 4. The maximum atomic E-state index is 12.6. The molecule has 8 nitrogen and oxygen atoms in total.